The number of esters is 1. The molecule has 0 atom stereocenters. The van der Waals surface area contributed by atoms with Gasteiger partial charge in [-0.2, -0.15) is 0 Å². The van der Waals surface area contributed by atoms with Gasteiger partial charge in [-0.05, 0) is 37.9 Å². The smallest absolute Gasteiger partial charge is 0.342 e. The highest BCUT2D eigenvalue weighted by molar-refractivity contribution is 6.34. The Morgan fingerprint density at radius 1 is 1.28 bits per heavy atom. The average molecular weight is 370 g/mol. The van der Waals surface area contributed by atoms with E-state index < -0.39 is 5.97 Å². The summed E-state index contributed by atoms with van der Waals surface area (Å²) in [7, 11) is 0. The molecule has 1 saturated heterocycles. The van der Waals surface area contributed by atoms with E-state index in [1.807, 2.05) is 0 Å². The molecule has 4 N–H and O–H groups in total. The van der Waals surface area contributed by atoms with E-state index >= 15 is 0 Å². The molecule has 0 unspecified atom stereocenters. The fourth-order valence-electron chi connectivity index (χ4n) is 3.18. The summed E-state index contributed by atoms with van der Waals surface area (Å²) in [5.74, 6) is 0.528. The molecule has 0 spiro atoms. The van der Waals surface area contributed by atoms with Gasteiger partial charge in [0, 0.05) is 13.1 Å². The maximum absolute atomic E-state index is 12.5. The minimum absolute atomic E-state index is 0.256. The van der Waals surface area contributed by atoms with Crippen LogP contribution in [0.15, 0.2) is 6.07 Å². The molecule has 1 aromatic rings. The summed E-state index contributed by atoms with van der Waals surface area (Å²) in [6, 6.07) is 1.48. The van der Waals surface area contributed by atoms with Gasteiger partial charge in [0.2, 0.25) is 0 Å². The molecule has 0 aliphatic carbocycles. The van der Waals surface area contributed by atoms with E-state index in [9.17, 15) is 4.79 Å². The second-order valence-electron chi connectivity index (χ2n) is 6.35. The van der Waals surface area contributed by atoms with Crippen LogP contribution in [0, 0.1) is 5.92 Å². The van der Waals surface area contributed by atoms with Crippen LogP contribution in [0.25, 0.3) is 0 Å². The van der Waals surface area contributed by atoms with Crippen molar-refractivity contribution in [3.05, 3.63) is 16.7 Å². The lowest BCUT2D eigenvalue weighted by Gasteiger charge is -2.31. The van der Waals surface area contributed by atoms with Gasteiger partial charge in [0.1, 0.15) is 18.8 Å². The molecule has 1 aromatic carbocycles. The summed E-state index contributed by atoms with van der Waals surface area (Å²) in [4.78, 5) is 14.8. The minimum Gasteiger partial charge on any atom is -0.485 e. The molecule has 0 bridgehead atoms. The summed E-state index contributed by atoms with van der Waals surface area (Å²) < 4.78 is 16.6. The Kier molecular flexibility index (Phi) is 5.88. The Hall–Kier alpha value is -1.70. The van der Waals surface area contributed by atoms with E-state index in [4.69, 9.17) is 37.3 Å². The largest absolute Gasteiger partial charge is 0.485 e. The second-order valence-corrected chi connectivity index (χ2v) is 6.75. The lowest BCUT2D eigenvalue weighted by atomic mass is 9.98. The third-order valence-corrected chi connectivity index (χ3v) is 4.94. The Balaban J connectivity index is 1.62. The molecule has 1 fully saturated rings. The topological polar surface area (TPSA) is 100 Å². The number of fused-ring (bicyclic) bond motifs is 1. The van der Waals surface area contributed by atoms with Crippen LogP contribution >= 0.6 is 11.6 Å². The van der Waals surface area contributed by atoms with Gasteiger partial charge in [0.05, 0.1) is 17.3 Å². The van der Waals surface area contributed by atoms with Crippen molar-refractivity contribution in [1.82, 2.24) is 4.90 Å². The minimum atomic E-state index is -0.465. The standard InChI is InChI=1S/C17H24ClN3O4/c18-13-9-12(15-16(14(13)20)24-8-7-23-15)17(22)25-10-11-1-4-21(5-2-11)6-3-19/h9,11H,1-8,10,19-20H2. The highest BCUT2D eigenvalue weighted by Gasteiger charge is 2.27. The monoisotopic (exact) mass is 369 g/mol. The first-order valence-electron chi connectivity index (χ1n) is 8.57. The lowest BCUT2D eigenvalue weighted by Crippen LogP contribution is -2.38. The Morgan fingerprint density at radius 2 is 1.96 bits per heavy atom. The quantitative estimate of drug-likeness (QED) is 0.599. The zero-order valence-corrected chi connectivity index (χ0v) is 14.9. The number of hydrogen-bond acceptors (Lipinski definition) is 7. The van der Waals surface area contributed by atoms with E-state index in [1.165, 1.54) is 6.07 Å². The molecule has 0 radical (unpaired) electrons. The number of rotatable bonds is 5. The zero-order valence-electron chi connectivity index (χ0n) is 14.1. The van der Waals surface area contributed by atoms with Crippen LogP contribution in [-0.2, 0) is 4.74 Å². The van der Waals surface area contributed by atoms with Crippen LogP contribution in [0.4, 0.5) is 5.69 Å². The van der Waals surface area contributed by atoms with Crippen molar-refractivity contribution >= 4 is 23.3 Å². The maximum atomic E-state index is 12.5. The van der Waals surface area contributed by atoms with Crippen molar-refractivity contribution in [3.63, 3.8) is 0 Å². The van der Waals surface area contributed by atoms with Gasteiger partial charge < -0.3 is 30.6 Å². The number of hydrogen-bond donors (Lipinski definition) is 2. The summed E-state index contributed by atoms with van der Waals surface area (Å²) in [5, 5.41) is 0.256. The number of carbonyl (C=O) groups is 1. The number of halogens is 1. The Morgan fingerprint density at radius 3 is 2.64 bits per heavy atom. The van der Waals surface area contributed by atoms with E-state index in [0.29, 0.717) is 43.8 Å². The van der Waals surface area contributed by atoms with Crippen molar-refractivity contribution in [1.29, 1.82) is 0 Å². The number of nitrogen functional groups attached to an aromatic ring is 1. The van der Waals surface area contributed by atoms with Gasteiger partial charge in [0.15, 0.2) is 11.5 Å². The van der Waals surface area contributed by atoms with Gasteiger partial charge in [0.25, 0.3) is 0 Å². The third-order valence-electron chi connectivity index (χ3n) is 4.62. The number of carbonyl (C=O) groups excluding carboxylic acids is 1. The van der Waals surface area contributed by atoms with Crippen LogP contribution in [0.2, 0.25) is 5.02 Å². The van der Waals surface area contributed by atoms with E-state index in [0.717, 1.165) is 32.5 Å². The van der Waals surface area contributed by atoms with Gasteiger partial charge >= 0.3 is 5.97 Å². The molecular weight excluding hydrogens is 346 g/mol. The molecule has 7 nitrogen and oxygen atoms in total. The normalized spacial score (nSPS) is 18.2. The molecule has 3 rings (SSSR count). The Labute approximate surface area is 152 Å². The van der Waals surface area contributed by atoms with Crippen LogP contribution in [-0.4, -0.2) is 56.9 Å². The van der Waals surface area contributed by atoms with Gasteiger partial charge in [-0.25, -0.2) is 4.79 Å². The molecule has 0 saturated carbocycles. The predicted octanol–water partition coefficient (Wildman–Crippen LogP) is 1.52. The Bertz CT molecular complexity index is 633. The number of nitrogens with zero attached hydrogens (tertiary/aromatic N) is 1. The van der Waals surface area contributed by atoms with Crippen molar-refractivity contribution in [2.75, 3.05) is 51.7 Å². The van der Waals surface area contributed by atoms with E-state index in [2.05, 4.69) is 4.90 Å². The number of likely N-dealkylation sites (tertiary alicyclic amines) is 1. The molecule has 2 aliphatic rings. The SMILES string of the molecule is NCCN1CCC(COC(=O)c2cc(Cl)c(N)c3c2OCCO3)CC1. The second kappa shape index (κ2) is 8.12. The van der Waals surface area contributed by atoms with Crippen molar-refractivity contribution in [3.8, 4) is 11.5 Å². The first-order chi connectivity index (χ1) is 12.1. The molecule has 0 amide bonds. The molecule has 25 heavy (non-hydrogen) atoms. The summed E-state index contributed by atoms with van der Waals surface area (Å²) in [6.45, 7) is 4.66. The molecule has 8 heteroatoms. The average Bonchev–Trinajstić information content (AvgIpc) is 2.64. The molecule has 2 heterocycles. The number of anilines is 1. The van der Waals surface area contributed by atoms with Gasteiger partial charge in [-0.3, -0.25) is 0 Å². The summed E-state index contributed by atoms with van der Waals surface area (Å²) >= 11 is 6.11. The molecule has 0 aromatic heterocycles. The number of nitrogens with two attached hydrogens (primary N) is 2. The van der Waals surface area contributed by atoms with E-state index in [1.54, 1.807) is 0 Å². The van der Waals surface area contributed by atoms with Crippen molar-refractivity contribution < 1.29 is 19.0 Å². The number of benzene rings is 1. The molecule has 2 aliphatic heterocycles. The van der Waals surface area contributed by atoms with Gasteiger partial charge in [-0.1, -0.05) is 11.6 Å². The molecule has 138 valence electrons. The molecular formula is C17H24ClN3O4. The van der Waals surface area contributed by atoms with Crippen molar-refractivity contribution in [2.24, 2.45) is 11.7 Å². The highest BCUT2D eigenvalue weighted by Crippen LogP contribution is 2.43. The number of piperidine rings is 1. The van der Waals surface area contributed by atoms with Gasteiger partial charge in [-0.15, -0.1) is 0 Å². The number of ether oxygens (including phenoxy) is 3. The zero-order chi connectivity index (χ0) is 17.8. The predicted molar refractivity (Wildman–Crippen MR) is 95.4 cm³/mol. The van der Waals surface area contributed by atoms with Crippen LogP contribution in [0.1, 0.15) is 23.2 Å². The highest BCUT2D eigenvalue weighted by atomic mass is 35.5. The summed E-state index contributed by atoms with van der Waals surface area (Å²) in [5.41, 5.74) is 12.0. The lowest BCUT2D eigenvalue weighted by molar-refractivity contribution is 0.0366. The van der Waals surface area contributed by atoms with Crippen LogP contribution in [0.5, 0.6) is 11.5 Å². The van der Waals surface area contributed by atoms with Crippen molar-refractivity contribution in [2.45, 2.75) is 12.8 Å². The third kappa shape index (κ3) is 4.11. The van der Waals surface area contributed by atoms with Crippen LogP contribution < -0.4 is 20.9 Å². The fraction of sp³-hybridized carbons (Fsp3) is 0.588. The van der Waals surface area contributed by atoms with E-state index in [-0.39, 0.29) is 16.3 Å². The van der Waals surface area contributed by atoms with Crippen LogP contribution in [0.3, 0.4) is 0 Å². The fourth-order valence-corrected chi connectivity index (χ4v) is 3.37. The maximum Gasteiger partial charge on any atom is 0.342 e. The summed E-state index contributed by atoms with van der Waals surface area (Å²) in [6.07, 6.45) is 1.99. The first kappa shape index (κ1) is 18.1. The first-order valence-corrected chi connectivity index (χ1v) is 8.95.